The van der Waals surface area contributed by atoms with Crippen LogP contribution in [-0.2, 0) is 16.8 Å². The van der Waals surface area contributed by atoms with Gasteiger partial charge in [-0.05, 0) is 5.56 Å². The van der Waals surface area contributed by atoms with Crippen LogP contribution in [0.15, 0.2) is 24.3 Å². The third-order valence-corrected chi connectivity index (χ3v) is 3.45. The second-order valence-electron chi connectivity index (χ2n) is 3.82. The zero-order valence-corrected chi connectivity index (χ0v) is 11.7. The van der Waals surface area contributed by atoms with E-state index in [1.54, 1.807) is 24.3 Å². The lowest BCUT2D eigenvalue weighted by atomic mass is 10.1. The Balaban J connectivity index is 2.56. The minimum absolute atomic E-state index is 0.148. The van der Waals surface area contributed by atoms with Crippen molar-refractivity contribution in [3.63, 3.8) is 0 Å². The highest BCUT2D eigenvalue weighted by atomic mass is 32.2. The molecule has 0 spiro atoms. The van der Waals surface area contributed by atoms with Gasteiger partial charge in [-0.25, -0.2) is 0 Å². The van der Waals surface area contributed by atoms with Gasteiger partial charge in [-0.15, -0.1) is 0 Å². The fourth-order valence-corrected chi connectivity index (χ4v) is 2.14. The second-order valence-corrected chi connectivity index (χ2v) is 5.85. The average molecular weight is 327 g/mol. The summed E-state index contributed by atoms with van der Waals surface area (Å²) in [5.74, 6) is 0. The zero-order valence-electron chi connectivity index (χ0n) is 10.1. The lowest BCUT2D eigenvalue weighted by Gasteiger charge is -2.10. The monoisotopic (exact) mass is 327 g/mol. The number of alkyl halides is 3. The summed E-state index contributed by atoms with van der Waals surface area (Å²) in [5.41, 5.74) is 6.56. The number of hydrogen-bond acceptors (Lipinski definition) is 3. The normalized spacial score (nSPS) is 12.3. The summed E-state index contributed by atoms with van der Waals surface area (Å²) in [6.45, 7) is -1.77. The Morgan fingerprint density at radius 2 is 1.75 bits per heavy atom. The molecule has 1 rings (SSSR count). The summed E-state index contributed by atoms with van der Waals surface area (Å²) in [5, 5.41) is 0. The van der Waals surface area contributed by atoms with Gasteiger partial charge in [0, 0.05) is 12.1 Å². The summed E-state index contributed by atoms with van der Waals surface area (Å²) >= 11 is 4.75. The van der Waals surface area contributed by atoms with Gasteiger partial charge < -0.3 is 5.73 Å². The van der Waals surface area contributed by atoms with Gasteiger partial charge in [0.05, 0.1) is 0 Å². The quantitative estimate of drug-likeness (QED) is 0.675. The maximum atomic E-state index is 11.9. The van der Waals surface area contributed by atoms with Crippen LogP contribution >= 0.6 is 12.2 Å². The molecule has 0 saturated carbocycles. The summed E-state index contributed by atoms with van der Waals surface area (Å²) < 4.78 is 61.6. The molecule has 1 aromatic carbocycles. The van der Waals surface area contributed by atoms with Gasteiger partial charge >= 0.3 is 6.18 Å². The van der Waals surface area contributed by atoms with E-state index in [4.69, 9.17) is 18.0 Å². The van der Waals surface area contributed by atoms with Crippen molar-refractivity contribution in [1.82, 2.24) is 9.44 Å². The summed E-state index contributed by atoms with van der Waals surface area (Å²) in [6, 6.07) is 6.33. The molecule has 0 bridgehead atoms. The van der Waals surface area contributed by atoms with E-state index in [-0.39, 0.29) is 11.5 Å². The molecule has 0 aromatic heterocycles. The Morgan fingerprint density at radius 1 is 1.20 bits per heavy atom. The van der Waals surface area contributed by atoms with Crippen LogP contribution in [0.4, 0.5) is 13.2 Å². The van der Waals surface area contributed by atoms with Crippen molar-refractivity contribution >= 4 is 27.4 Å². The molecule has 0 saturated heterocycles. The molecule has 1 aromatic rings. The van der Waals surface area contributed by atoms with E-state index in [0.29, 0.717) is 11.1 Å². The van der Waals surface area contributed by atoms with Crippen molar-refractivity contribution in [2.45, 2.75) is 12.7 Å². The molecule has 0 aliphatic heterocycles. The predicted molar refractivity (Wildman–Crippen MR) is 72.1 cm³/mol. The van der Waals surface area contributed by atoms with E-state index < -0.39 is 22.9 Å². The molecule has 5 nitrogen and oxygen atoms in total. The van der Waals surface area contributed by atoms with Crippen molar-refractivity contribution in [3.8, 4) is 0 Å². The first-order valence-electron chi connectivity index (χ1n) is 5.29. The van der Waals surface area contributed by atoms with Crippen LogP contribution in [0.5, 0.6) is 0 Å². The zero-order chi connectivity index (χ0) is 15.4. The van der Waals surface area contributed by atoms with E-state index in [1.807, 2.05) is 4.72 Å². The van der Waals surface area contributed by atoms with Gasteiger partial charge in [-0.1, -0.05) is 36.5 Å². The molecule has 0 fully saturated rings. The SMILES string of the molecule is NC(=S)c1ccc(CNS(=O)(=O)NCC(F)(F)F)cc1. The molecule has 0 atom stereocenters. The summed E-state index contributed by atoms with van der Waals surface area (Å²) in [6.07, 6.45) is -4.60. The van der Waals surface area contributed by atoms with E-state index in [9.17, 15) is 21.6 Å². The Kier molecular flexibility index (Phi) is 5.45. The largest absolute Gasteiger partial charge is 0.402 e. The molecule has 0 aliphatic carbocycles. The minimum Gasteiger partial charge on any atom is -0.389 e. The summed E-state index contributed by atoms with van der Waals surface area (Å²) in [7, 11) is -4.21. The molecular weight excluding hydrogens is 315 g/mol. The van der Waals surface area contributed by atoms with Crippen LogP contribution in [0.25, 0.3) is 0 Å². The van der Waals surface area contributed by atoms with E-state index in [0.717, 1.165) is 0 Å². The highest BCUT2D eigenvalue weighted by Crippen LogP contribution is 2.12. The number of nitrogens with one attached hydrogen (secondary N) is 2. The third kappa shape index (κ3) is 6.28. The molecule has 0 heterocycles. The van der Waals surface area contributed by atoms with Crippen LogP contribution in [0.2, 0.25) is 0 Å². The number of benzene rings is 1. The molecule has 10 heteroatoms. The highest BCUT2D eigenvalue weighted by molar-refractivity contribution is 7.87. The first kappa shape index (κ1) is 16.8. The highest BCUT2D eigenvalue weighted by Gasteiger charge is 2.29. The van der Waals surface area contributed by atoms with Crippen LogP contribution in [0, 0.1) is 0 Å². The van der Waals surface area contributed by atoms with Crippen molar-refractivity contribution < 1.29 is 21.6 Å². The third-order valence-electron chi connectivity index (χ3n) is 2.17. The Labute approximate surface area is 119 Å². The topological polar surface area (TPSA) is 84.2 Å². The van der Waals surface area contributed by atoms with Gasteiger partial charge in [0.1, 0.15) is 11.5 Å². The maximum absolute atomic E-state index is 11.9. The van der Waals surface area contributed by atoms with Crippen LogP contribution in [0.3, 0.4) is 0 Å². The molecule has 20 heavy (non-hydrogen) atoms. The van der Waals surface area contributed by atoms with Crippen LogP contribution < -0.4 is 15.2 Å². The van der Waals surface area contributed by atoms with E-state index >= 15 is 0 Å². The lowest BCUT2D eigenvalue weighted by Crippen LogP contribution is -2.41. The van der Waals surface area contributed by atoms with Crippen LogP contribution in [-0.4, -0.2) is 26.1 Å². The Hall–Kier alpha value is -1.23. The molecule has 0 unspecified atom stereocenters. The van der Waals surface area contributed by atoms with Crippen molar-refractivity contribution in [2.24, 2.45) is 5.73 Å². The van der Waals surface area contributed by atoms with Gasteiger partial charge in [0.25, 0.3) is 10.2 Å². The van der Waals surface area contributed by atoms with Gasteiger partial charge in [-0.2, -0.15) is 31.0 Å². The first-order chi connectivity index (χ1) is 9.09. The molecule has 0 amide bonds. The van der Waals surface area contributed by atoms with E-state index in [2.05, 4.69) is 0 Å². The number of hydrogen-bond donors (Lipinski definition) is 3. The maximum Gasteiger partial charge on any atom is 0.402 e. The van der Waals surface area contributed by atoms with Gasteiger partial charge in [0.2, 0.25) is 0 Å². The fraction of sp³-hybridized carbons (Fsp3) is 0.300. The molecule has 112 valence electrons. The van der Waals surface area contributed by atoms with Crippen molar-refractivity contribution in [1.29, 1.82) is 0 Å². The minimum atomic E-state index is -4.60. The van der Waals surface area contributed by atoms with E-state index in [1.165, 1.54) is 4.72 Å². The number of nitrogens with two attached hydrogens (primary N) is 1. The first-order valence-corrected chi connectivity index (χ1v) is 7.18. The average Bonchev–Trinajstić information content (AvgIpc) is 2.34. The van der Waals surface area contributed by atoms with Crippen molar-refractivity contribution in [2.75, 3.05) is 6.54 Å². The number of thiocarbonyl (C=S) groups is 1. The second kappa shape index (κ2) is 6.48. The molecule has 0 radical (unpaired) electrons. The number of halogens is 3. The van der Waals surface area contributed by atoms with Gasteiger partial charge in [0.15, 0.2) is 0 Å². The predicted octanol–water partition coefficient (Wildman–Crippen LogP) is 0.807. The molecule has 4 N–H and O–H groups in total. The summed E-state index contributed by atoms with van der Waals surface area (Å²) in [4.78, 5) is 0.198. The fourth-order valence-electron chi connectivity index (χ4n) is 1.19. The Bertz CT molecular complexity index is 570. The smallest absolute Gasteiger partial charge is 0.389 e. The molecular formula is C10H12F3N3O2S2. The van der Waals surface area contributed by atoms with Crippen molar-refractivity contribution in [3.05, 3.63) is 35.4 Å². The standard InChI is InChI=1S/C10H12F3N3O2S2/c11-10(12,13)6-16-20(17,18)15-5-7-1-3-8(4-2-7)9(14)19/h1-4,15-16H,5-6H2,(H2,14,19). The van der Waals surface area contributed by atoms with Crippen LogP contribution in [0.1, 0.15) is 11.1 Å². The number of rotatable bonds is 6. The Morgan fingerprint density at radius 3 is 2.20 bits per heavy atom. The molecule has 0 aliphatic rings. The van der Waals surface area contributed by atoms with Gasteiger partial charge in [-0.3, -0.25) is 0 Å². The lowest BCUT2D eigenvalue weighted by molar-refractivity contribution is -0.121.